The molecule has 2 fully saturated rings. The van der Waals surface area contributed by atoms with Crippen LogP contribution in [0.15, 0.2) is 0 Å². The van der Waals surface area contributed by atoms with E-state index in [1.54, 1.807) is 0 Å². The van der Waals surface area contributed by atoms with Gasteiger partial charge in [0.25, 0.3) is 0 Å². The predicted molar refractivity (Wildman–Crippen MR) is 54.3 cm³/mol. The van der Waals surface area contributed by atoms with Gasteiger partial charge in [-0.15, -0.1) is 0 Å². The van der Waals surface area contributed by atoms with Crippen molar-refractivity contribution in [1.82, 2.24) is 10.0 Å². The Morgan fingerprint density at radius 2 is 2.07 bits per heavy atom. The lowest BCUT2D eigenvalue weighted by atomic mass is 9.94. The number of nitrogens with two attached hydrogens (primary N) is 1. The van der Waals surface area contributed by atoms with E-state index in [-0.39, 0.29) is 11.4 Å². The fourth-order valence-corrected chi connectivity index (χ4v) is 2.84. The van der Waals surface area contributed by atoms with Crippen molar-refractivity contribution in [3.8, 4) is 0 Å². The van der Waals surface area contributed by atoms with E-state index >= 15 is 0 Å². The second-order valence-electron chi connectivity index (χ2n) is 4.44. The summed E-state index contributed by atoms with van der Waals surface area (Å²) in [6.07, 6.45) is 5.54. The van der Waals surface area contributed by atoms with E-state index in [0.717, 1.165) is 12.8 Å². The summed E-state index contributed by atoms with van der Waals surface area (Å²) in [5.41, 5.74) is 5.64. The van der Waals surface area contributed by atoms with Gasteiger partial charge in [-0.05, 0) is 12.8 Å². The standard InChI is InChI=1S/C10H19N3O/c1-12-10(4-2-3-5-10)8-9(14)13(12)7-6-11/h2-8,11H2,1H3. The Kier molecular flexibility index (Phi) is 2.49. The second kappa shape index (κ2) is 3.51. The quantitative estimate of drug-likeness (QED) is 0.694. The third-order valence-corrected chi connectivity index (χ3v) is 3.69. The maximum absolute atomic E-state index is 11.8. The van der Waals surface area contributed by atoms with Gasteiger partial charge in [-0.3, -0.25) is 9.80 Å². The molecule has 4 heteroatoms. The molecule has 1 saturated heterocycles. The van der Waals surface area contributed by atoms with Gasteiger partial charge in [0, 0.05) is 32.1 Å². The minimum Gasteiger partial charge on any atom is -0.329 e. The normalized spacial score (nSPS) is 26.7. The van der Waals surface area contributed by atoms with Crippen LogP contribution in [-0.2, 0) is 4.79 Å². The summed E-state index contributed by atoms with van der Waals surface area (Å²) in [5, 5.41) is 3.97. The molecule has 1 heterocycles. The lowest BCUT2D eigenvalue weighted by Gasteiger charge is -2.35. The molecular formula is C10H19N3O. The first-order chi connectivity index (χ1) is 6.69. The van der Waals surface area contributed by atoms with Crippen molar-refractivity contribution in [2.45, 2.75) is 37.6 Å². The second-order valence-corrected chi connectivity index (χ2v) is 4.44. The third-order valence-electron chi connectivity index (χ3n) is 3.69. The van der Waals surface area contributed by atoms with Gasteiger partial charge in [0.1, 0.15) is 0 Å². The van der Waals surface area contributed by atoms with E-state index in [0.29, 0.717) is 19.5 Å². The molecule has 14 heavy (non-hydrogen) atoms. The van der Waals surface area contributed by atoms with Crippen LogP contribution < -0.4 is 5.73 Å². The highest BCUT2D eigenvalue weighted by molar-refractivity contribution is 5.79. The van der Waals surface area contributed by atoms with E-state index in [1.165, 1.54) is 12.8 Å². The molecule has 0 aromatic carbocycles. The highest BCUT2D eigenvalue weighted by Crippen LogP contribution is 2.42. The Labute approximate surface area is 85.0 Å². The molecule has 2 N–H and O–H groups in total. The van der Waals surface area contributed by atoms with E-state index in [4.69, 9.17) is 5.73 Å². The highest BCUT2D eigenvalue weighted by Gasteiger charge is 2.48. The molecule has 0 bridgehead atoms. The molecule has 0 aromatic heterocycles. The molecule has 0 unspecified atom stereocenters. The van der Waals surface area contributed by atoms with E-state index in [1.807, 2.05) is 12.1 Å². The van der Waals surface area contributed by atoms with Crippen LogP contribution in [0.2, 0.25) is 0 Å². The highest BCUT2D eigenvalue weighted by atomic mass is 16.2. The summed E-state index contributed by atoms with van der Waals surface area (Å²) in [7, 11) is 2.03. The zero-order valence-corrected chi connectivity index (χ0v) is 8.83. The first-order valence-electron chi connectivity index (χ1n) is 5.44. The molecule has 0 aromatic rings. The molecule has 1 amide bonds. The van der Waals surface area contributed by atoms with E-state index < -0.39 is 0 Å². The Morgan fingerprint density at radius 3 is 2.64 bits per heavy atom. The summed E-state index contributed by atoms with van der Waals surface area (Å²) in [5.74, 6) is 0.250. The van der Waals surface area contributed by atoms with E-state index in [2.05, 4.69) is 5.01 Å². The van der Waals surface area contributed by atoms with Gasteiger partial charge >= 0.3 is 0 Å². The SMILES string of the molecule is CN1N(CCN)C(=O)CC12CCCC2. The van der Waals surface area contributed by atoms with Crippen LogP contribution in [0.5, 0.6) is 0 Å². The number of carbonyl (C=O) groups is 1. The largest absolute Gasteiger partial charge is 0.329 e. The molecule has 0 atom stereocenters. The van der Waals surface area contributed by atoms with Crippen molar-refractivity contribution in [2.24, 2.45) is 5.73 Å². The summed E-state index contributed by atoms with van der Waals surface area (Å²) >= 11 is 0. The summed E-state index contributed by atoms with van der Waals surface area (Å²) in [6, 6.07) is 0. The zero-order valence-electron chi connectivity index (χ0n) is 8.83. The minimum atomic E-state index is 0.145. The molecule has 1 aliphatic heterocycles. The summed E-state index contributed by atoms with van der Waals surface area (Å²) < 4.78 is 0. The molecule has 0 radical (unpaired) electrons. The monoisotopic (exact) mass is 197 g/mol. The van der Waals surface area contributed by atoms with Crippen molar-refractivity contribution >= 4 is 5.91 Å². The Hall–Kier alpha value is -0.610. The predicted octanol–water partition coefficient (Wildman–Crippen LogP) is 0.337. The first kappa shape index (κ1) is 9.93. The van der Waals surface area contributed by atoms with Crippen molar-refractivity contribution in [3.05, 3.63) is 0 Å². The van der Waals surface area contributed by atoms with Crippen LogP contribution >= 0.6 is 0 Å². The fourth-order valence-electron chi connectivity index (χ4n) is 2.84. The van der Waals surface area contributed by atoms with Gasteiger partial charge in [0.15, 0.2) is 0 Å². The lowest BCUT2D eigenvalue weighted by Crippen LogP contribution is -2.47. The average molecular weight is 197 g/mol. The van der Waals surface area contributed by atoms with E-state index in [9.17, 15) is 4.79 Å². The minimum absolute atomic E-state index is 0.145. The molecule has 4 nitrogen and oxygen atoms in total. The van der Waals surface area contributed by atoms with Crippen molar-refractivity contribution in [2.75, 3.05) is 20.1 Å². The third kappa shape index (κ3) is 1.33. The number of hydrazine groups is 1. The van der Waals surface area contributed by atoms with Gasteiger partial charge in [-0.25, -0.2) is 5.01 Å². The zero-order chi connectivity index (χ0) is 10.2. The van der Waals surface area contributed by atoms with Gasteiger partial charge in [0.05, 0.1) is 0 Å². The Morgan fingerprint density at radius 1 is 1.43 bits per heavy atom. The number of hydrogen-bond donors (Lipinski definition) is 1. The molecule has 1 saturated carbocycles. The molecule has 2 rings (SSSR count). The van der Waals surface area contributed by atoms with Gasteiger partial charge in [0.2, 0.25) is 5.91 Å². The van der Waals surface area contributed by atoms with Gasteiger partial charge < -0.3 is 5.73 Å². The number of nitrogens with zero attached hydrogens (tertiary/aromatic N) is 2. The summed E-state index contributed by atoms with van der Waals surface area (Å²) in [4.78, 5) is 11.8. The van der Waals surface area contributed by atoms with Gasteiger partial charge in [-0.2, -0.15) is 0 Å². The van der Waals surface area contributed by atoms with Crippen LogP contribution in [0.3, 0.4) is 0 Å². The fraction of sp³-hybridized carbons (Fsp3) is 0.900. The summed E-state index contributed by atoms with van der Waals surface area (Å²) in [6.45, 7) is 1.21. The van der Waals surface area contributed by atoms with Crippen molar-refractivity contribution in [1.29, 1.82) is 0 Å². The van der Waals surface area contributed by atoms with Crippen LogP contribution in [0.4, 0.5) is 0 Å². The Balaban J connectivity index is 2.13. The molecule has 2 aliphatic rings. The van der Waals surface area contributed by atoms with Crippen LogP contribution in [0.25, 0.3) is 0 Å². The Bertz CT molecular complexity index is 236. The number of carbonyl (C=O) groups excluding carboxylic acids is 1. The maximum atomic E-state index is 11.8. The molecule has 80 valence electrons. The molecule has 1 aliphatic carbocycles. The van der Waals surface area contributed by atoms with Crippen LogP contribution in [0.1, 0.15) is 32.1 Å². The molecule has 1 spiro atoms. The average Bonchev–Trinajstić information content (AvgIpc) is 2.69. The van der Waals surface area contributed by atoms with Crippen molar-refractivity contribution in [3.63, 3.8) is 0 Å². The van der Waals surface area contributed by atoms with Crippen LogP contribution in [-0.4, -0.2) is 41.6 Å². The van der Waals surface area contributed by atoms with Crippen molar-refractivity contribution < 1.29 is 4.79 Å². The topological polar surface area (TPSA) is 49.6 Å². The number of rotatable bonds is 2. The molecular weight excluding hydrogens is 178 g/mol. The smallest absolute Gasteiger partial charge is 0.238 e. The number of hydrogen-bond acceptors (Lipinski definition) is 3. The lowest BCUT2D eigenvalue weighted by molar-refractivity contribution is -0.138. The maximum Gasteiger partial charge on any atom is 0.238 e. The van der Waals surface area contributed by atoms with Gasteiger partial charge in [-0.1, -0.05) is 12.8 Å². The van der Waals surface area contributed by atoms with Crippen LogP contribution in [0, 0.1) is 0 Å². The first-order valence-corrected chi connectivity index (χ1v) is 5.44. The number of amides is 1.